The Labute approximate surface area is 173 Å². The summed E-state index contributed by atoms with van der Waals surface area (Å²) in [6.45, 7) is 2.64. The minimum atomic E-state index is -0.519. The molecule has 1 amide bonds. The number of piperidine rings is 1. The standard InChI is InChI=1S/C24H32N2O3/c27-14-4-7-22(17-28)26-16-20-15-21(8-9-23(20)24(26)29)25-12-10-19(11-13-25)18-5-2-1-3-6-18/h8-9,14-15,17-19,22H,1-7,10-13,16H2. The minimum absolute atomic E-state index is 0.0921. The van der Waals surface area contributed by atoms with Gasteiger partial charge in [-0.05, 0) is 54.9 Å². The quantitative estimate of drug-likeness (QED) is 0.654. The number of nitrogens with zero attached hydrogens (tertiary/aromatic N) is 2. The van der Waals surface area contributed by atoms with Gasteiger partial charge in [0.2, 0.25) is 0 Å². The SMILES string of the molecule is O=CCCC(C=O)N1Cc2cc(N3CCC(C4CCCCC4)CC3)ccc2C1=O. The molecular formula is C24H32N2O3. The molecule has 1 saturated heterocycles. The number of amides is 1. The van der Waals surface area contributed by atoms with E-state index in [4.69, 9.17) is 0 Å². The van der Waals surface area contributed by atoms with E-state index in [0.717, 1.165) is 43.1 Å². The highest BCUT2D eigenvalue weighted by Crippen LogP contribution is 2.37. The summed E-state index contributed by atoms with van der Waals surface area (Å²) < 4.78 is 0. The number of fused-ring (bicyclic) bond motifs is 1. The van der Waals surface area contributed by atoms with Crippen molar-refractivity contribution in [3.05, 3.63) is 29.3 Å². The van der Waals surface area contributed by atoms with Crippen LogP contribution in [0.2, 0.25) is 0 Å². The molecule has 0 aromatic heterocycles. The Bertz CT molecular complexity index is 748. The predicted molar refractivity (Wildman–Crippen MR) is 113 cm³/mol. The molecule has 29 heavy (non-hydrogen) atoms. The van der Waals surface area contributed by atoms with Gasteiger partial charge < -0.3 is 19.4 Å². The van der Waals surface area contributed by atoms with Crippen molar-refractivity contribution in [1.29, 1.82) is 0 Å². The molecule has 4 rings (SSSR count). The van der Waals surface area contributed by atoms with Gasteiger partial charge in [-0.1, -0.05) is 32.1 Å². The third-order valence-electron chi connectivity index (χ3n) is 7.28. The summed E-state index contributed by atoms with van der Waals surface area (Å²) in [5, 5.41) is 0. The van der Waals surface area contributed by atoms with Crippen molar-refractivity contribution < 1.29 is 14.4 Å². The molecule has 5 nitrogen and oxygen atoms in total. The number of benzene rings is 1. The van der Waals surface area contributed by atoms with Crippen LogP contribution in [0.15, 0.2) is 18.2 Å². The summed E-state index contributed by atoms with van der Waals surface area (Å²) in [7, 11) is 0. The van der Waals surface area contributed by atoms with Crippen molar-refractivity contribution in [3.8, 4) is 0 Å². The van der Waals surface area contributed by atoms with Gasteiger partial charge in [0.05, 0.1) is 6.04 Å². The number of carbonyl (C=O) groups excluding carboxylic acids is 3. The van der Waals surface area contributed by atoms with E-state index in [1.165, 1.54) is 50.6 Å². The first-order valence-corrected chi connectivity index (χ1v) is 11.3. The lowest BCUT2D eigenvalue weighted by Gasteiger charge is -2.38. The molecule has 1 aromatic carbocycles. The van der Waals surface area contributed by atoms with Crippen LogP contribution in [-0.4, -0.2) is 42.5 Å². The third-order valence-corrected chi connectivity index (χ3v) is 7.28. The minimum Gasteiger partial charge on any atom is -0.372 e. The van der Waals surface area contributed by atoms with Crippen molar-refractivity contribution in [2.75, 3.05) is 18.0 Å². The van der Waals surface area contributed by atoms with Gasteiger partial charge >= 0.3 is 0 Å². The van der Waals surface area contributed by atoms with Crippen molar-refractivity contribution >= 4 is 24.2 Å². The number of hydrogen-bond donors (Lipinski definition) is 0. The predicted octanol–water partition coefficient (Wildman–Crippen LogP) is 3.99. The maximum absolute atomic E-state index is 12.7. The summed E-state index contributed by atoms with van der Waals surface area (Å²) in [5.74, 6) is 1.72. The molecule has 0 N–H and O–H groups in total. The van der Waals surface area contributed by atoms with Crippen LogP contribution >= 0.6 is 0 Å². The van der Waals surface area contributed by atoms with Crippen molar-refractivity contribution in [2.24, 2.45) is 11.8 Å². The Hall–Kier alpha value is -2.17. The Morgan fingerprint density at radius 3 is 2.41 bits per heavy atom. The number of rotatable bonds is 7. The summed E-state index contributed by atoms with van der Waals surface area (Å²) in [5.41, 5.74) is 2.89. The van der Waals surface area contributed by atoms with E-state index < -0.39 is 6.04 Å². The van der Waals surface area contributed by atoms with Crippen LogP contribution in [0.3, 0.4) is 0 Å². The van der Waals surface area contributed by atoms with Crippen LogP contribution in [0.25, 0.3) is 0 Å². The van der Waals surface area contributed by atoms with E-state index in [2.05, 4.69) is 17.0 Å². The normalized spacial score (nSPS) is 21.9. The smallest absolute Gasteiger partial charge is 0.255 e. The van der Waals surface area contributed by atoms with Gasteiger partial charge in [0.1, 0.15) is 12.6 Å². The molecular weight excluding hydrogens is 364 g/mol. The van der Waals surface area contributed by atoms with E-state index in [9.17, 15) is 14.4 Å². The fourth-order valence-corrected chi connectivity index (χ4v) is 5.56. The molecule has 1 unspecified atom stereocenters. The molecule has 5 heteroatoms. The average molecular weight is 397 g/mol. The van der Waals surface area contributed by atoms with Gasteiger partial charge in [0, 0.05) is 37.3 Å². The lowest BCUT2D eigenvalue weighted by molar-refractivity contribution is -0.112. The van der Waals surface area contributed by atoms with Crippen LogP contribution in [-0.2, 0) is 16.1 Å². The Balaban J connectivity index is 1.40. The summed E-state index contributed by atoms with van der Waals surface area (Å²) in [6.07, 6.45) is 11.9. The first kappa shape index (κ1) is 20.1. The maximum atomic E-state index is 12.7. The number of hydrogen-bond acceptors (Lipinski definition) is 4. The molecule has 3 aliphatic rings. The lowest BCUT2D eigenvalue weighted by Crippen LogP contribution is -2.36. The van der Waals surface area contributed by atoms with Crippen LogP contribution in [0.4, 0.5) is 5.69 Å². The Kier molecular flexibility index (Phi) is 6.31. The lowest BCUT2D eigenvalue weighted by atomic mass is 9.76. The van der Waals surface area contributed by atoms with Gasteiger partial charge in [-0.3, -0.25) is 4.79 Å². The summed E-state index contributed by atoms with van der Waals surface area (Å²) >= 11 is 0. The fourth-order valence-electron chi connectivity index (χ4n) is 5.56. The highest BCUT2D eigenvalue weighted by molar-refractivity contribution is 6.00. The zero-order chi connectivity index (χ0) is 20.2. The van der Waals surface area contributed by atoms with Gasteiger partial charge in [-0.2, -0.15) is 0 Å². The van der Waals surface area contributed by atoms with E-state index in [-0.39, 0.29) is 5.91 Å². The molecule has 2 aliphatic heterocycles. The monoisotopic (exact) mass is 396 g/mol. The molecule has 2 fully saturated rings. The van der Waals surface area contributed by atoms with Crippen LogP contribution in [0.5, 0.6) is 0 Å². The van der Waals surface area contributed by atoms with E-state index in [1.807, 2.05) is 6.07 Å². The molecule has 1 atom stereocenters. The van der Waals surface area contributed by atoms with Gasteiger partial charge in [0.25, 0.3) is 5.91 Å². The van der Waals surface area contributed by atoms with Crippen molar-refractivity contribution in [3.63, 3.8) is 0 Å². The average Bonchev–Trinajstić information content (AvgIpc) is 3.11. The number of aldehydes is 2. The highest BCUT2D eigenvalue weighted by atomic mass is 16.2. The topological polar surface area (TPSA) is 57.7 Å². The molecule has 2 heterocycles. The maximum Gasteiger partial charge on any atom is 0.255 e. The van der Waals surface area contributed by atoms with Gasteiger partial charge in [-0.15, -0.1) is 0 Å². The largest absolute Gasteiger partial charge is 0.372 e. The molecule has 156 valence electrons. The second-order valence-corrected chi connectivity index (χ2v) is 8.94. The molecule has 0 bridgehead atoms. The zero-order valence-electron chi connectivity index (χ0n) is 17.2. The second kappa shape index (κ2) is 9.10. The van der Waals surface area contributed by atoms with Crippen LogP contribution in [0, 0.1) is 11.8 Å². The van der Waals surface area contributed by atoms with Crippen molar-refractivity contribution in [2.45, 2.75) is 70.4 Å². The molecule has 0 spiro atoms. The first-order chi connectivity index (χ1) is 14.2. The second-order valence-electron chi connectivity index (χ2n) is 8.94. The van der Waals surface area contributed by atoms with Crippen LogP contribution < -0.4 is 4.90 Å². The number of carbonyl (C=O) groups is 3. The van der Waals surface area contributed by atoms with E-state index in [1.54, 1.807) is 4.90 Å². The third kappa shape index (κ3) is 4.24. The molecule has 0 radical (unpaired) electrons. The Morgan fingerprint density at radius 1 is 1.00 bits per heavy atom. The molecule has 1 aliphatic carbocycles. The molecule has 1 aromatic rings. The highest BCUT2D eigenvalue weighted by Gasteiger charge is 2.33. The van der Waals surface area contributed by atoms with Crippen molar-refractivity contribution in [1.82, 2.24) is 4.90 Å². The van der Waals surface area contributed by atoms with E-state index in [0.29, 0.717) is 24.9 Å². The zero-order valence-corrected chi connectivity index (χ0v) is 17.2. The summed E-state index contributed by atoms with van der Waals surface area (Å²) in [6, 6.07) is 5.59. The van der Waals surface area contributed by atoms with Gasteiger partial charge in [0.15, 0.2) is 0 Å². The Morgan fingerprint density at radius 2 is 1.72 bits per heavy atom. The summed E-state index contributed by atoms with van der Waals surface area (Å²) in [4.78, 5) is 38.9. The molecule has 1 saturated carbocycles. The van der Waals surface area contributed by atoms with Gasteiger partial charge in [-0.25, -0.2) is 0 Å². The fraction of sp³-hybridized carbons (Fsp3) is 0.625. The first-order valence-electron chi connectivity index (χ1n) is 11.3. The van der Waals surface area contributed by atoms with E-state index >= 15 is 0 Å². The number of anilines is 1. The van der Waals surface area contributed by atoms with Crippen LogP contribution in [0.1, 0.15) is 73.7 Å².